The average Bonchev–Trinajstić information content (AvgIpc) is 2.51. The lowest BCUT2D eigenvalue weighted by atomic mass is 10.2. The molecule has 0 heterocycles. The molecule has 0 aromatic heterocycles. The number of anilines is 1. The molecule has 0 fully saturated rings. The van der Waals surface area contributed by atoms with E-state index in [4.69, 9.17) is 22.0 Å². The van der Waals surface area contributed by atoms with Crippen LogP contribution in [0.5, 0.6) is 0 Å². The standard InChI is InChI=1S/C15H16ClN3O3S/c1-23-6-5-13(15(21)22)19-14(20)10(8-17)9-18-12-4-2-3-11(16)7-12/h2-4,7,9,13,18H,5-6H2,1H3,(H,19,20)(H,21,22)/b10-9-. The fourth-order valence-corrected chi connectivity index (χ4v) is 2.27. The van der Waals surface area contributed by atoms with Crippen molar-refractivity contribution in [1.82, 2.24) is 5.32 Å². The Morgan fingerprint density at radius 2 is 2.26 bits per heavy atom. The van der Waals surface area contributed by atoms with E-state index in [0.717, 1.165) is 0 Å². The first kappa shape index (κ1) is 18.9. The van der Waals surface area contributed by atoms with Gasteiger partial charge in [-0.3, -0.25) is 4.79 Å². The molecule has 1 aromatic rings. The van der Waals surface area contributed by atoms with Crippen LogP contribution >= 0.6 is 23.4 Å². The molecule has 1 amide bonds. The van der Waals surface area contributed by atoms with Gasteiger partial charge in [0.25, 0.3) is 5.91 Å². The van der Waals surface area contributed by atoms with Gasteiger partial charge in [0, 0.05) is 16.9 Å². The van der Waals surface area contributed by atoms with E-state index in [-0.39, 0.29) is 12.0 Å². The lowest BCUT2D eigenvalue weighted by molar-refractivity contribution is -0.141. The number of carbonyl (C=O) groups excluding carboxylic acids is 1. The average molecular weight is 354 g/mol. The summed E-state index contributed by atoms with van der Waals surface area (Å²) in [6, 6.07) is 7.47. The van der Waals surface area contributed by atoms with Gasteiger partial charge in [-0.05, 0) is 36.6 Å². The normalized spacial score (nSPS) is 12.1. The Balaban J connectivity index is 2.75. The molecule has 8 heteroatoms. The van der Waals surface area contributed by atoms with Crippen molar-refractivity contribution in [2.75, 3.05) is 17.3 Å². The monoisotopic (exact) mass is 353 g/mol. The predicted molar refractivity (Wildman–Crippen MR) is 91.3 cm³/mol. The highest BCUT2D eigenvalue weighted by molar-refractivity contribution is 7.98. The van der Waals surface area contributed by atoms with Crippen molar-refractivity contribution in [3.8, 4) is 6.07 Å². The summed E-state index contributed by atoms with van der Waals surface area (Å²) in [5.41, 5.74) is 0.385. The van der Waals surface area contributed by atoms with Crippen molar-refractivity contribution in [2.45, 2.75) is 12.5 Å². The third-order valence-corrected chi connectivity index (χ3v) is 3.67. The number of halogens is 1. The first-order valence-electron chi connectivity index (χ1n) is 6.63. The molecule has 0 bridgehead atoms. The van der Waals surface area contributed by atoms with Crippen LogP contribution in [-0.4, -0.2) is 35.0 Å². The van der Waals surface area contributed by atoms with Gasteiger partial charge in [0.2, 0.25) is 0 Å². The maximum Gasteiger partial charge on any atom is 0.326 e. The minimum Gasteiger partial charge on any atom is -0.480 e. The van der Waals surface area contributed by atoms with E-state index in [2.05, 4.69) is 10.6 Å². The molecule has 0 spiro atoms. The van der Waals surface area contributed by atoms with Crippen molar-refractivity contribution in [3.05, 3.63) is 41.1 Å². The number of nitriles is 1. The molecule has 1 aromatic carbocycles. The van der Waals surface area contributed by atoms with Crippen molar-refractivity contribution in [2.24, 2.45) is 0 Å². The number of benzene rings is 1. The maximum absolute atomic E-state index is 12.0. The molecular weight excluding hydrogens is 338 g/mol. The summed E-state index contributed by atoms with van der Waals surface area (Å²) >= 11 is 7.31. The fraction of sp³-hybridized carbons (Fsp3) is 0.267. The van der Waals surface area contributed by atoms with Gasteiger partial charge in [0.15, 0.2) is 0 Å². The number of amides is 1. The number of carbonyl (C=O) groups is 2. The van der Waals surface area contributed by atoms with E-state index in [9.17, 15) is 9.59 Å². The maximum atomic E-state index is 12.0. The van der Waals surface area contributed by atoms with Crippen molar-refractivity contribution in [1.29, 1.82) is 5.26 Å². The smallest absolute Gasteiger partial charge is 0.326 e. The van der Waals surface area contributed by atoms with Gasteiger partial charge in [-0.25, -0.2) is 4.79 Å². The summed E-state index contributed by atoms with van der Waals surface area (Å²) in [5, 5.41) is 23.8. The van der Waals surface area contributed by atoms with E-state index in [1.54, 1.807) is 30.3 Å². The van der Waals surface area contributed by atoms with E-state index >= 15 is 0 Å². The first-order chi connectivity index (χ1) is 11.0. The van der Waals surface area contributed by atoms with Gasteiger partial charge < -0.3 is 15.7 Å². The van der Waals surface area contributed by atoms with Gasteiger partial charge in [0.05, 0.1) is 0 Å². The Bertz CT molecular complexity index is 643. The Kier molecular flexibility index (Phi) is 8.02. The van der Waals surface area contributed by atoms with E-state index in [1.165, 1.54) is 18.0 Å². The van der Waals surface area contributed by atoms with Gasteiger partial charge in [0.1, 0.15) is 17.7 Å². The molecule has 23 heavy (non-hydrogen) atoms. The predicted octanol–water partition coefficient (Wildman–Crippen LogP) is 2.48. The van der Waals surface area contributed by atoms with Crippen LogP contribution in [0.3, 0.4) is 0 Å². The molecule has 0 radical (unpaired) electrons. The van der Waals surface area contributed by atoms with Crippen LogP contribution in [0.15, 0.2) is 36.0 Å². The van der Waals surface area contributed by atoms with Crippen LogP contribution in [0.2, 0.25) is 5.02 Å². The molecule has 0 saturated carbocycles. The highest BCUT2D eigenvalue weighted by Gasteiger charge is 2.21. The van der Waals surface area contributed by atoms with E-state index < -0.39 is 17.9 Å². The Hall–Kier alpha value is -2.17. The summed E-state index contributed by atoms with van der Waals surface area (Å²) < 4.78 is 0. The Morgan fingerprint density at radius 3 is 2.83 bits per heavy atom. The molecule has 122 valence electrons. The van der Waals surface area contributed by atoms with Gasteiger partial charge in [-0.2, -0.15) is 17.0 Å². The number of nitrogens with one attached hydrogen (secondary N) is 2. The molecule has 0 aliphatic carbocycles. The molecule has 1 unspecified atom stereocenters. The molecular formula is C15H16ClN3O3S. The van der Waals surface area contributed by atoms with Crippen molar-refractivity contribution >= 4 is 40.9 Å². The lowest BCUT2D eigenvalue weighted by Crippen LogP contribution is -2.41. The van der Waals surface area contributed by atoms with E-state index in [1.807, 2.05) is 6.26 Å². The number of thioether (sulfide) groups is 1. The van der Waals surface area contributed by atoms with Gasteiger partial charge in [-0.15, -0.1) is 0 Å². The molecule has 1 atom stereocenters. The Morgan fingerprint density at radius 1 is 1.52 bits per heavy atom. The number of aliphatic carboxylic acids is 1. The topological polar surface area (TPSA) is 102 Å². The van der Waals surface area contributed by atoms with Crippen LogP contribution in [0.25, 0.3) is 0 Å². The number of hydrogen-bond donors (Lipinski definition) is 3. The zero-order valence-corrected chi connectivity index (χ0v) is 13.9. The van der Waals surface area contributed by atoms with Gasteiger partial charge in [-0.1, -0.05) is 17.7 Å². The molecule has 0 saturated heterocycles. The quantitative estimate of drug-likeness (QED) is 0.490. The number of hydrogen-bond acceptors (Lipinski definition) is 5. The van der Waals surface area contributed by atoms with Crippen molar-refractivity contribution in [3.63, 3.8) is 0 Å². The molecule has 3 N–H and O–H groups in total. The summed E-state index contributed by atoms with van der Waals surface area (Å²) in [4.78, 5) is 23.1. The number of nitrogens with zero attached hydrogens (tertiary/aromatic N) is 1. The molecule has 1 rings (SSSR count). The molecule has 6 nitrogen and oxygen atoms in total. The second kappa shape index (κ2) is 9.77. The van der Waals surface area contributed by atoms with Crippen LogP contribution in [0.1, 0.15) is 6.42 Å². The van der Waals surface area contributed by atoms with Crippen LogP contribution in [0, 0.1) is 11.3 Å². The summed E-state index contributed by atoms with van der Waals surface area (Å²) in [6.45, 7) is 0. The summed E-state index contributed by atoms with van der Waals surface area (Å²) in [6.07, 6.45) is 3.34. The first-order valence-corrected chi connectivity index (χ1v) is 8.40. The van der Waals surface area contributed by atoms with Crippen molar-refractivity contribution < 1.29 is 14.7 Å². The fourth-order valence-electron chi connectivity index (χ4n) is 1.61. The van der Waals surface area contributed by atoms with E-state index in [0.29, 0.717) is 16.5 Å². The summed E-state index contributed by atoms with van der Waals surface area (Å²) in [7, 11) is 0. The second-order valence-corrected chi connectivity index (χ2v) is 5.89. The lowest BCUT2D eigenvalue weighted by Gasteiger charge is -2.13. The highest BCUT2D eigenvalue weighted by Crippen LogP contribution is 2.15. The van der Waals surface area contributed by atoms with Crippen LogP contribution in [0.4, 0.5) is 5.69 Å². The largest absolute Gasteiger partial charge is 0.480 e. The number of carboxylic acid groups (broad SMARTS) is 1. The zero-order valence-electron chi connectivity index (χ0n) is 12.4. The molecule has 0 aliphatic rings. The highest BCUT2D eigenvalue weighted by atomic mass is 35.5. The third-order valence-electron chi connectivity index (χ3n) is 2.79. The minimum absolute atomic E-state index is 0.222. The van der Waals surface area contributed by atoms with Crippen LogP contribution < -0.4 is 10.6 Å². The number of carboxylic acids is 1. The second-order valence-electron chi connectivity index (χ2n) is 4.47. The SMILES string of the molecule is CSCCC(NC(=O)/C(C#N)=C\Nc1cccc(Cl)c1)C(=O)O. The zero-order chi connectivity index (χ0) is 17.2. The minimum atomic E-state index is -1.13. The Labute approximate surface area is 143 Å². The van der Waals surface area contributed by atoms with Gasteiger partial charge >= 0.3 is 5.97 Å². The molecule has 0 aliphatic heterocycles. The summed E-state index contributed by atoms with van der Waals surface area (Å²) in [5.74, 6) is -1.29. The number of rotatable bonds is 8. The van der Waals surface area contributed by atoms with Crippen LogP contribution in [-0.2, 0) is 9.59 Å². The third kappa shape index (κ3) is 6.63.